The smallest absolute Gasteiger partial charge is 0.261 e. The highest BCUT2D eigenvalue weighted by molar-refractivity contribution is 7.80. The molecule has 0 aliphatic heterocycles. The average molecular weight is 269 g/mol. The topological polar surface area (TPSA) is 68.0 Å². The Morgan fingerprint density at radius 3 is 3.06 bits per heavy atom. The third-order valence-corrected chi connectivity index (χ3v) is 3.38. The van der Waals surface area contributed by atoms with Gasteiger partial charge in [0.15, 0.2) is 5.82 Å². The van der Waals surface area contributed by atoms with Gasteiger partial charge in [-0.2, -0.15) is 4.98 Å². The van der Waals surface area contributed by atoms with Gasteiger partial charge >= 0.3 is 0 Å². The van der Waals surface area contributed by atoms with E-state index in [4.69, 9.17) is 4.52 Å². The lowest BCUT2D eigenvalue weighted by molar-refractivity contribution is 0.0958. The molecule has 0 aliphatic rings. The van der Waals surface area contributed by atoms with E-state index in [2.05, 4.69) is 28.1 Å². The lowest BCUT2D eigenvalue weighted by atomic mass is 10.4. The summed E-state index contributed by atoms with van der Waals surface area (Å²) in [6.07, 6.45) is 0.558. The van der Waals surface area contributed by atoms with Gasteiger partial charge < -0.3 is 9.84 Å². The molecule has 0 radical (unpaired) electrons. The van der Waals surface area contributed by atoms with Gasteiger partial charge in [-0.1, -0.05) is 5.16 Å². The number of aromatic nitrogens is 2. The predicted octanol–water partition coefficient (Wildman–Crippen LogP) is 1.70. The molecule has 17 heavy (non-hydrogen) atoms. The van der Waals surface area contributed by atoms with Crippen molar-refractivity contribution in [2.45, 2.75) is 18.2 Å². The molecule has 0 fully saturated rings. The lowest BCUT2D eigenvalue weighted by Gasteiger charge is -2.00. The van der Waals surface area contributed by atoms with Gasteiger partial charge in [0.1, 0.15) is 0 Å². The largest absolute Gasteiger partial charge is 0.351 e. The summed E-state index contributed by atoms with van der Waals surface area (Å²) in [4.78, 5) is 17.2. The summed E-state index contributed by atoms with van der Waals surface area (Å²) >= 11 is 5.52. The van der Waals surface area contributed by atoms with E-state index in [1.807, 2.05) is 5.38 Å². The molecule has 0 unspecified atom stereocenters. The summed E-state index contributed by atoms with van der Waals surface area (Å²) in [5.74, 6) is 1.03. The van der Waals surface area contributed by atoms with Gasteiger partial charge in [-0.15, -0.1) is 24.0 Å². The molecule has 2 heterocycles. The van der Waals surface area contributed by atoms with Crippen LogP contribution in [-0.2, 0) is 6.42 Å². The number of rotatable bonds is 4. The van der Waals surface area contributed by atoms with Gasteiger partial charge in [0.05, 0.1) is 4.88 Å². The quantitative estimate of drug-likeness (QED) is 0.829. The Morgan fingerprint density at radius 1 is 1.65 bits per heavy atom. The molecule has 0 saturated heterocycles. The van der Waals surface area contributed by atoms with Gasteiger partial charge in [-0.05, 0) is 6.07 Å². The van der Waals surface area contributed by atoms with Crippen molar-refractivity contribution < 1.29 is 9.32 Å². The first-order valence-electron chi connectivity index (χ1n) is 5.00. The van der Waals surface area contributed by atoms with Gasteiger partial charge in [-0.25, -0.2) is 0 Å². The van der Waals surface area contributed by atoms with Crippen LogP contribution in [0, 0.1) is 6.92 Å². The van der Waals surface area contributed by atoms with Crippen LogP contribution in [-0.4, -0.2) is 22.6 Å². The van der Waals surface area contributed by atoms with Crippen LogP contribution in [0.25, 0.3) is 0 Å². The minimum absolute atomic E-state index is 0.101. The van der Waals surface area contributed by atoms with Crippen LogP contribution in [0.3, 0.4) is 0 Å². The Hall–Kier alpha value is -1.34. The molecule has 0 saturated carbocycles. The molecule has 0 spiro atoms. The maximum atomic E-state index is 11.7. The summed E-state index contributed by atoms with van der Waals surface area (Å²) in [5.41, 5.74) is 0. The van der Waals surface area contributed by atoms with E-state index in [9.17, 15) is 4.79 Å². The highest BCUT2D eigenvalue weighted by Crippen LogP contribution is 2.17. The van der Waals surface area contributed by atoms with Crippen molar-refractivity contribution in [1.29, 1.82) is 0 Å². The van der Waals surface area contributed by atoms with E-state index in [-0.39, 0.29) is 5.91 Å². The molecular weight excluding hydrogens is 258 g/mol. The number of amides is 1. The molecule has 1 N–H and O–H groups in total. The van der Waals surface area contributed by atoms with Gasteiger partial charge in [0.2, 0.25) is 5.89 Å². The zero-order valence-electron chi connectivity index (χ0n) is 9.14. The van der Waals surface area contributed by atoms with Crippen molar-refractivity contribution in [3.05, 3.63) is 28.0 Å². The Morgan fingerprint density at radius 2 is 2.47 bits per heavy atom. The SMILES string of the molecule is Cc1nc(CCNC(=O)c2cc(S)cs2)no1. The highest BCUT2D eigenvalue weighted by atomic mass is 32.1. The lowest BCUT2D eigenvalue weighted by Crippen LogP contribution is -2.25. The first-order valence-corrected chi connectivity index (χ1v) is 6.33. The monoisotopic (exact) mass is 269 g/mol. The number of hydrogen-bond donors (Lipinski definition) is 2. The maximum Gasteiger partial charge on any atom is 0.261 e. The average Bonchev–Trinajstić information content (AvgIpc) is 2.88. The van der Waals surface area contributed by atoms with Crippen molar-refractivity contribution in [3.63, 3.8) is 0 Å². The van der Waals surface area contributed by atoms with Crippen LogP contribution in [0.5, 0.6) is 0 Å². The Labute approximate surface area is 108 Å². The van der Waals surface area contributed by atoms with E-state index < -0.39 is 0 Å². The minimum atomic E-state index is -0.101. The van der Waals surface area contributed by atoms with E-state index in [0.717, 1.165) is 4.90 Å². The van der Waals surface area contributed by atoms with Crippen LogP contribution < -0.4 is 5.32 Å². The Bertz CT molecular complexity index is 521. The van der Waals surface area contributed by atoms with Crippen molar-refractivity contribution in [3.8, 4) is 0 Å². The summed E-state index contributed by atoms with van der Waals surface area (Å²) in [5, 5.41) is 8.35. The Kier molecular flexibility index (Phi) is 3.80. The minimum Gasteiger partial charge on any atom is -0.351 e. The summed E-state index contributed by atoms with van der Waals surface area (Å²) in [6, 6.07) is 1.74. The molecule has 5 nitrogen and oxygen atoms in total. The van der Waals surface area contributed by atoms with E-state index in [0.29, 0.717) is 29.6 Å². The van der Waals surface area contributed by atoms with Crippen molar-refractivity contribution in [1.82, 2.24) is 15.5 Å². The second kappa shape index (κ2) is 5.33. The molecule has 2 aromatic heterocycles. The normalized spacial score (nSPS) is 10.5. The fourth-order valence-corrected chi connectivity index (χ4v) is 2.33. The predicted molar refractivity (Wildman–Crippen MR) is 66.6 cm³/mol. The van der Waals surface area contributed by atoms with Crippen LogP contribution in [0.4, 0.5) is 0 Å². The molecule has 1 amide bonds. The fourth-order valence-electron chi connectivity index (χ4n) is 1.26. The van der Waals surface area contributed by atoms with Crippen LogP contribution in [0.2, 0.25) is 0 Å². The number of thiophene rings is 1. The second-order valence-corrected chi connectivity index (χ2v) is 4.83. The van der Waals surface area contributed by atoms with Gasteiger partial charge in [0, 0.05) is 30.2 Å². The molecule has 2 rings (SSSR count). The molecule has 0 aromatic carbocycles. The van der Waals surface area contributed by atoms with E-state index in [1.165, 1.54) is 11.3 Å². The highest BCUT2D eigenvalue weighted by Gasteiger charge is 2.08. The summed E-state index contributed by atoms with van der Waals surface area (Å²) in [6.45, 7) is 2.21. The molecule has 0 bridgehead atoms. The van der Waals surface area contributed by atoms with Crippen molar-refractivity contribution in [2.24, 2.45) is 0 Å². The molecule has 90 valence electrons. The fraction of sp³-hybridized carbons (Fsp3) is 0.300. The number of hydrogen-bond acceptors (Lipinski definition) is 6. The molecule has 0 atom stereocenters. The first-order chi connectivity index (χ1) is 8.15. The van der Waals surface area contributed by atoms with Gasteiger partial charge in [-0.3, -0.25) is 4.79 Å². The van der Waals surface area contributed by atoms with E-state index >= 15 is 0 Å². The number of thiol groups is 1. The third-order valence-electron chi connectivity index (χ3n) is 2.01. The van der Waals surface area contributed by atoms with Crippen molar-refractivity contribution >= 4 is 29.9 Å². The molecule has 7 heteroatoms. The zero-order valence-corrected chi connectivity index (χ0v) is 10.8. The summed E-state index contributed by atoms with van der Waals surface area (Å²) < 4.78 is 4.83. The molecule has 0 aliphatic carbocycles. The Balaban J connectivity index is 1.81. The van der Waals surface area contributed by atoms with Crippen LogP contribution in [0.15, 0.2) is 20.9 Å². The number of carbonyl (C=O) groups excluding carboxylic acids is 1. The summed E-state index contributed by atoms with van der Waals surface area (Å²) in [7, 11) is 0. The van der Waals surface area contributed by atoms with E-state index in [1.54, 1.807) is 13.0 Å². The third kappa shape index (κ3) is 3.31. The first kappa shape index (κ1) is 12.1. The number of aryl methyl sites for hydroxylation is 1. The number of carbonyl (C=O) groups is 1. The standard InChI is InChI=1S/C10H11N3O2S2/c1-6-12-9(13-15-6)2-3-11-10(14)8-4-7(16)5-17-8/h4-5,16H,2-3H2,1H3,(H,11,14). The van der Waals surface area contributed by atoms with Crippen LogP contribution >= 0.6 is 24.0 Å². The van der Waals surface area contributed by atoms with Gasteiger partial charge in [0.25, 0.3) is 5.91 Å². The second-order valence-electron chi connectivity index (χ2n) is 3.40. The zero-order chi connectivity index (χ0) is 12.3. The number of nitrogens with one attached hydrogen (secondary N) is 1. The molecule has 2 aromatic rings. The van der Waals surface area contributed by atoms with Crippen molar-refractivity contribution in [2.75, 3.05) is 6.54 Å². The maximum absolute atomic E-state index is 11.7. The molecular formula is C10H11N3O2S2. The number of nitrogens with zero attached hydrogens (tertiary/aromatic N) is 2. The van der Waals surface area contributed by atoms with Crippen LogP contribution in [0.1, 0.15) is 21.4 Å².